The average Bonchev–Trinajstić information content (AvgIpc) is 3.26. The number of anilines is 2. The lowest BCUT2D eigenvalue weighted by molar-refractivity contribution is -0.130. The van der Waals surface area contributed by atoms with Crippen molar-refractivity contribution < 1.29 is 14.4 Å². The molecule has 0 saturated carbocycles. The SMILES string of the molecule is CC(C)(C)c1ccccc1N1C(=O)C[C@H]([C@@]2(Cc3cccc(Br)c3)C(=O)Nc3ccccc32)C1=O. The maximum Gasteiger partial charge on any atom is 0.238 e. The zero-order chi connectivity index (χ0) is 25.0. The molecule has 0 bridgehead atoms. The first-order chi connectivity index (χ1) is 16.6. The summed E-state index contributed by atoms with van der Waals surface area (Å²) in [5.74, 6) is -1.66. The van der Waals surface area contributed by atoms with Gasteiger partial charge in [-0.2, -0.15) is 0 Å². The fraction of sp³-hybridized carbons (Fsp3) is 0.276. The smallest absolute Gasteiger partial charge is 0.238 e. The van der Waals surface area contributed by atoms with Gasteiger partial charge in [0.05, 0.1) is 17.0 Å². The standard InChI is InChI=1S/C29H27BrN2O3/c1-28(2,3)21-12-5-7-14-24(21)32-25(33)16-22(26(32)34)29(17-18-9-8-10-19(30)15-18)20-11-4-6-13-23(20)31-27(29)35/h4-15,22H,16-17H2,1-3H3,(H,31,35)/t22-,29-/m0/s1. The minimum Gasteiger partial charge on any atom is -0.325 e. The molecule has 5 nitrogen and oxygen atoms in total. The van der Waals surface area contributed by atoms with E-state index in [1.165, 1.54) is 4.90 Å². The summed E-state index contributed by atoms with van der Waals surface area (Å²) < 4.78 is 0.895. The molecule has 0 unspecified atom stereocenters. The topological polar surface area (TPSA) is 66.5 Å². The summed E-state index contributed by atoms with van der Waals surface area (Å²) in [5, 5.41) is 2.99. The van der Waals surface area contributed by atoms with Crippen LogP contribution < -0.4 is 10.2 Å². The molecule has 1 saturated heterocycles. The monoisotopic (exact) mass is 530 g/mol. The fourth-order valence-corrected chi connectivity index (χ4v) is 5.97. The van der Waals surface area contributed by atoms with E-state index < -0.39 is 11.3 Å². The predicted octanol–water partition coefficient (Wildman–Crippen LogP) is 5.76. The van der Waals surface area contributed by atoms with E-state index in [1.807, 2.05) is 72.8 Å². The summed E-state index contributed by atoms with van der Waals surface area (Å²) >= 11 is 3.52. The minimum absolute atomic E-state index is 0.0208. The minimum atomic E-state index is -1.18. The van der Waals surface area contributed by atoms with Gasteiger partial charge in [0.2, 0.25) is 17.7 Å². The Hall–Kier alpha value is -3.25. The summed E-state index contributed by atoms with van der Waals surface area (Å²) in [6.45, 7) is 6.18. The van der Waals surface area contributed by atoms with Crippen molar-refractivity contribution in [2.75, 3.05) is 10.2 Å². The van der Waals surface area contributed by atoms with Crippen LogP contribution in [-0.2, 0) is 31.6 Å². The molecule has 0 radical (unpaired) electrons. The number of para-hydroxylation sites is 2. The Kier molecular flexibility index (Phi) is 5.67. The third-order valence-electron chi connectivity index (χ3n) is 7.13. The van der Waals surface area contributed by atoms with Gasteiger partial charge in [0, 0.05) is 16.6 Å². The Morgan fingerprint density at radius 2 is 1.69 bits per heavy atom. The van der Waals surface area contributed by atoms with Gasteiger partial charge in [0.15, 0.2) is 0 Å². The molecule has 35 heavy (non-hydrogen) atoms. The second-order valence-corrected chi connectivity index (χ2v) is 11.3. The number of halogens is 1. The lowest BCUT2D eigenvalue weighted by Crippen LogP contribution is -2.47. The third-order valence-corrected chi connectivity index (χ3v) is 7.62. The molecular formula is C29H27BrN2O3. The predicted molar refractivity (Wildman–Crippen MR) is 140 cm³/mol. The molecular weight excluding hydrogens is 504 g/mol. The molecule has 1 N–H and O–H groups in total. The van der Waals surface area contributed by atoms with Crippen LogP contribution in [0.2, 0.25) is 0 Å². The molecule has 0 spiro atoms. The maximum absolute atomic E-state index is 14.1. The van der Waals surface area contributed by atoms with Gasteiger partial charge in [-0.3, -0.25) is 14.4 Å². The molecule has 2 atom stereocenters. The van der Waals surface area contributed by atoms with E-state index >= 15 is 0 Å². The van der Waals surface area contributed by atoms with Gasteiger partial charge in [-0.1, -0.05) is 85.2 Å². The van der Waals surface area contributed by atoms with Gasteiger partial charge in [0.25, 0.3) is 0 Å². The van der Waals surface area contributed by atoms with Crippen molar-refractivity contribution in [3.8, 4) is 0 Å². The number of nitrogens with zero attached hydrogens (tertiary/aromatic N) is 1. The van der Waals surface area contributed by atoms with Crippen molar-refractivity contribution in [1.29, 1.82) is 0 Å². The van der Waals surface area contributed by atoms with Gasteiger partial charge in [-0.15, -0.1) is 0 Å². The summed E-state index contributed by atoms with van der Waals surface area (Å²) in [6.07, 6.45) is 0.292. The van der Waals surface area contributed by atoms with E-state index in [-0.39, 0.29) is 29.6 Å². The molecule has 5 rings (SSSR count). The number of hydrogen-bond acceptors (Lipinski definition) is 3. The number of benzene rings is 3. The van der Waals surface area contributed by atoms with Gasteiger partial charge in [-0.05, 0) is 52.8 Å². The second kappa shape index (κ2) is 8.45. The lowest BCUT2D eigenvalue weighted by Gasteiger charge is -2.33. The Labute approximate surface area is 213 Å². The molecule has 178 valence electrons. The van der Waals surface area contributed by atoms with E-state index in [9.17, 15) is 14.4 Å². The quantitative estimate of drug-likeness (QED) is 0.436. The van der Waals surface area contributed by atoms with Crippen LogP contribution in [-0.4, -0.2) is 17.7 Å². The van der Waals surface area contributed by atoms with Crippen LogP contribution in [0.3, 0.4) is 0 Å². The van der Waals surface area contributed by atoms with Crippen LogP contribution in [0, 0.1) is 5.92 Å². The van der Waals surface area contributed by atoms with Crippen LogP contribution in [0.5, 0.6) is 0 Å². The molecule has 3 aromatic rings. The molecule has 0 aromatic heterocycles. The Bertz CT molecular complexity index is 1360. The number of carbonyl (C=O) groups is 3. The molecule has 2 aliphatic rings. The van der Waals surface area contributed by atoms with Crippen LogP contribution >= 0.6 is 15.9 Å². The van der Waals surface area contributed by atoms with E-state index in [0.717, 1.165) is 21.2 Å². The molecule has 3 amide bonds. The van der Waals surface area contributed by atoms with Crippen LogP contribution in [0.1, 0.15) is 43.9 Å². The Morgan fingerprint density at radius 3 is 2.43 bits per heavy atom. The highest BCUT2D eigenvalue weighted by molar-refractivity contribution is 9.10. The number of amides is 3. The van der Waals surface area contributed by atoms with Crippen LogP contribution in [0.25, 0.3) is 0 Å². The number of rotatable bonds is 4. The summed E-state index contributed by atoms with van der Waals surface area (Å²) in [7, 11) is 0. The third kappa shape index (κ3) is 3.80. The largest absolute Gasteiger partial charge is 0.325 e. The van der Waals surface area contributed by atoms with Crippen LogP contribution in [0.4, 0.5) is 11.4 Å². The average molecular weight is 531 g/mol. The highest BCUT2D eigenvalue weighted by atomic mass is 79.9. The second-order valence-electron chi connectivity index (χ2n) is 10.4. The van der Waals surface area contributed by atoms with Crippen molar-refractivity contribution in [1.82, 2.24) is 0 Å². The molecule has 0 aliphatic carbocycles. The number of carbonyl (C=O) groups excluding carboxylic acids is 3. The van der Waals surface area contributed by atoms with Gasteiger partial charge >= 0.3 is 0 Å². The first kappa shape index (κ1) is 23.5. The van der Waals surface area contributed by atoms with Crippen molar-refractivity contribution in [2.24, 2.45) is 5.92 Å². The Balaban J connectivity index is 1.65. The maximum atomic E-state index is 14.1. The molecule has 1 fully saturated rings. The highest BCUT2D eigenvalue weighted by Gasteiger charge is 2.59. The van der Waals surface area contributed by atoms with Crippen LogP contribution in [0.15, 0.2) is 77.3 Å². The first-order valence-electron chi connectivity index (χ1n) is 11.7. The zero-order valence-electron chi connectivity index (χ0n) is 20.0. The summed E-state index contributed by atoms with van der Waals surface area (Å²) in [5.41, 5.74) is 2.45. The molecule has 2 aliphatic heterocycles. The number of fused-ring (bicyclic) bond motifs is 1. The summed E-state index contributed by atoms with van der Waals surface area (Å²) in [6, 6.07) is 22.8. The van der Waals surface area contributed by atoms with Gasteiger partial charge in [-0.25, -0.2) is 4.90 Å². The highest BCUT2D eigenvalue weighted by Crippen LogP contribution is 2.50. The summed E-state index contributed by atoms with van der Waals surface area (Å²) in [4.78, 5) is 42.6. The zero-order valence-corrected chi connectivity index (χ0v) is 21.6. The molecule has 2 heterocycles. The van der Waals surface area contributed by atoms with E-state index in [4.69, 9.17) is 0 Å². The lowest BCUT2D eigenvalue weighted by atomic mass is 9.66. The number of nitrogens with one attached hydrogen (secondary N) is 1. The first-order valence-corrected chi connectivity index (χ1v) is 12.5. The molecule has 3 aromatic carbocycles. The van der Waals surface area contributed by atoms with E-state index in [1.54, 1.807) is 0 Å². The normalized spacial score (nSPS) is 21.9. The van der Waals surface area contributed by atoms with Crippen molar-refractivity contribution in [3.63, 3.8) is 0 Å². The Morgan fingerprint density at radius 1 is 0.971 bits per heavy atom. The van der Waals surface area contributed by atoms with Gasteiger partial charge < -0.3 is 5.32 Å². The molecule has 6 heteroatoms. The van der Waals surface area contributed by atoms with Crippen molar-refractivity contribution in [3.05, 3.63) is 94.0 Å². The van der Waals surface area contributed by atoms with Gasteiger partial charge in [0.1, 0.15) is 0 Å². The van der Waals surface area contributed by atoms with E-state index in [0.29, 0.717) is 17.8 Å². The number of hydrogen-bond donors (Lipinski definition) is 1. The van der Waals surface area contributed by atoms with Crippen molar-refractivity contribution >= 4 is 45.0 Å². The fourth-order valence-electron chi connectivity index (χ4n) is 5.52. The van der Waals surface area contributed by atoms with Crippen molar-refractivity contribution in [2.45, 2.75) is 44.4 Å². The number of imide groups is 1. The van der Waals surface area contributed by atoms with E-state index in [2.05, 4.69) is 42.0 Å².